The van der Waals surface area contributed by atoms with Crippen molar-refractivity contribution in [3.8, 4) is 11.5 Å². The lowest BCUT2D eigenvalue weighted by Crippen LogP contribution is -2.16. The van der Waals surface area contributed by atoms with Crippen molar-refractivity contribution in [2.45, 2.75) is 117 Å². The molecule has 0 N–H and O–H groups in total. The van der Waals surface area contributed by atoms with Crippen LogP contribution in [0.3, 0.4) is 0 Å². The van der Waals surface area contributed by atoms with E-state index in [4.69, 9.17) is 9.47 Å². The first-order valence-electron chi connectivity index (χ1n) is 18.2. The Balaban J connectivity index is 1.40. The predicted octanol–water partition coefficient (Wildman–Crippen LogP) is 10.9. The smallest absolute Gasteiger partial charge is 0.233 e. The molecule has 3 rings (SSSR count). The van der Waals surface area contributed by atoms with Gasteiger partial charge in [-0.1, -0.05) is 128 Å². The van der Waals surface area contributed by atoms with Crippen molar-refractivity contribution in [3.63, 3.8) is 0 Å². The summed E-state index contributed by atoms with van der Waals surface area (Å²) < 4.78 is 11.6. The molecule has 0 heterocycles. The molecule has 3 aromatic carbocycles. The van der Waals surface area contributed by atoms with Crippen LogP contribution in [0.5, 0.6) is 11.5 Å². The molecule has 0 saturated carbocycles. The maximum absolute atomic E-state index is 12.9. The number of ketones is 4. The molecule has 0 atom stereocenters. The Morgan fingerprint density at radius 2 is 0.583 bits per heavy atom. The third-order valence-corrected chi connectivity index (χ3v) is 8.59. The Bertz CT molecular complexity index is 1280. The van der Waals surface area contributed by atoms with Crippen LogP contribution in [-0.4, -0.2) is 36.3 Å². The molecule has 0 aliphatic heterocycles. The van der Waals surface area contributed by atoms with E-state index in [0.29, 0.717) is 24.7 Å². The van der Waals surface area contributed by atoms with Gasteiger partial charge in [-0.25, -0.2) is 0 Å². The molecule has 0 fully saturated rings. The topological polar surface area (TPSA) is 86.7 Å². The Labute approximate surface area is 287 Å². The molecule has 0 radical (unpaired) electrons. The van der Waals surface area contributed by atoms with Crippen molar-refractivity contribution in [2.24, 2.45) is 0 Å². The summed E-state index contributed by atoms with van der Waals surface area (Å²) in [6.45, 7) is 5.69. The van der Waals surface area contributed by atoms with Gasteiger partial charge in [0.05, 0.1) is 13.2 Å². The van der Waals surface area contributed by atoms with Gasteiger partial charge in [-0.05, 0) is 61.4 Å². The van der Waals surface area contributed by atoms with E-state index in [2.05, 4.69) is 13.8 Å². The summed E-state index contributed by atoms with van der Waals surface area (Å²) in [5.74, 6) is -1.34. The number of rotatable bonds is 26. The average Bonchev–Trinajstić information content (AvgIpc) is 3.13. The van der Waals surface area contributed by atoms with Gasteiger partial charge in [-0.3, -0.25) is 19.2 Å². The Hall–Kier alpha value is -4.06. The maximum Gasteiger partial charge on any atom is 0.233 e. The van der Waals surface area contributed by atoms with Gasteiger partial charge in [-0.2, -0.15) is 0 Å². The minimum atomic E-state index is -0.685. The SMILES string of the molecule is CCCCCCCCCCOc1ccc(C(=O)C(=O)c2ccc(C(=O)C(=O)c3ccc(OCCCCCCCCCC)cc3)cc2)cc1. The zero-order chi connectivity index (χ0) is 34.4. The molecular weight excluding hydrogens is 600 g/mol. The number of unbranched alkanes of at least 4 members (excludes halogenated alkanes) is 14. The molecule has 0 aliphatic carbocycles. The molecule has 0 saturated heterocycles. The van der Waals surface area contributed by atoms with E-state index in [1.54, 1.807) is 48.5 Å². The number of hydrogen-bond acceptors (Lipinski definition) is 6. The maximum atomic E-state index is 12.9. The molecule has 0 aliphatic rings. The Morgan fingerprint density at radius 1 is 0.354 bits per heavy atom. The lowest BCUT2D eigenvalue weighted by atomic mass is 9.97. The monoisotopic (exact) mass is 654 g/mol. The van der Waals surface area contributed by atoms with Crippen LogP contribution >= 0.6 is 0 Å². The summed E-state index contributed by atoms with van der Waals surface area (Å²) in [6, 6.07) is 18.8. The van der Waals surface area contributed by atoms with Crippen molar-refractivity contribution in [3.05, 3.63) is 95.1 Å². The largest absolute Gasteiger partial charge is 0.494 e. The quantitative estimate of drug-likeness (QED) is 0.0486. The summed E-state index contributed by atoms with van der Waals surface area (Å²) in [7, 11) is 0. The molecule has 3 aromatic rings. The highest BCUT2D eigenvalue weighted by molar-refractivity contribution is 6.50. The van der Waals surface area contributed by atoms with E-state index in [9.17, 15) is 19.2 Å². The molecule has 6 heteroatoms. The van der Waals surface area contributed by atoms with Crippen LogP contribution in [0.2, 0.25) is 0 Å². The number of carbonyl (C=O) groups is 4. The minimum Gasteiger partial charge on any atom is -0.494 e. The highest BCUT2D eigenvalue weighted by Gasteiger charge is 2.21. The van der Waals surface area contributed by atoms with E-state index in [0.717, 1.165) is 25.7 Å². The highest BCUT2D eigenvalue weighted by Crippen LogP contribution is 2.18. The standard InChI is InChI=1S/C42H54O6/c1-3-5-7-9-11-13-15-17-31-47-37-27-23-35(24-28-37)41(45)39(43)33-19-21-34(22-20-33)40(44)42(46)36-25-29-38(30-26-36)48-32-18-16-14-12-10-8-6-4-2/h19-30H,3-18,31-32H2,1-2H3. The molecule has 0 spiro atoms. The third-order valence-electron chi connectivity index (χ3n) is 8.59. The van der Waals surface area contributed by atoms with Crippen LogP contribution in [-0.2, 0) is 0 Å². The number of carbonyl (C=O) groups excluding carboxylic acids is 4. The fraction of sp³-hybridized carbons (Fsp3) is 0.476. The number of ether oxygens (including phenoxy) is 2. The van der Waals surface area contributed by atoms with Gasteiger partial charge in [0.25, 0.3) is 0 Å². The second-order valence-electron chi connectivity index (χ2n) is 12.6. The van der Waals surface area contributed by atoms with Crippen molar-refractivity contribution >= 4 is 23.1 Å². The van der Waals surface area contributed by atoms with Crippen molar-refractivity contribution < 1.29 is 28.7 Å². The van der Waals surface area contributed by atoms with E-state index >= 15 is 0 Å². The van der Waals surface area contributed by atoms with Crippen LogP contribution in [0, 0.1) is 0 Å². The molecule has 0 aromatic heterocycles. The van der Waals surface area contributed by atoms with Gasteiger partial charge in [0.2, 0.25) is 23.1 Å². The third kappa shape index (κ3) is 13.6. The summed E-state index contributed by atoms with van der Waals surface area (Å²) in [5.41, 5.74) is 0.828. The van der Waals surface area contributed by atoms with Crippen LogP contribution in [0.1, 0.15) is 158 Å². The van der Waals surface area contributed by atoms with Gasteiger partial charge < -0.3 is 9.47 Å². The van der Waals surface area contributed by atoms with Crippen molar-refractivity contribution in [2.75, 3.05) is 13.2 Å². The van der Waals surface area contributed by atoms with E-state index in [1.807, 2.05) is 0 Å². The van der Waals surface area contributed by atoms with Crippen LogP contribution in [0.4, 0.5) is 0 Å². The fourth-order valence-corrected chi connectivity index (χ4v) is 5.55. The van der Waals surface area contributed by atoms with Crippen LogP contribution in [0.25, 0.3) is 0 Å². The second-order valence-corrected chi connectivity index (χ2v) is 12.6. The van der Waals surface area contributed by atoms with E-state index in [1.165, 1.54) is 101 Å². The summed E-state index contributed by atoms with van der Waals surface area (Å²) in [5, 5.41) is 0. The lowest BCUT2D eigenvalue weighted by molar-refractivity contribution is 0.0814. The number of Topliss-reactive ketones (excluding diaryl/α,β-unsaturated/α-hetero) is 4. The minimum absolute atomic E-state index is 0.150. The number of benzene rings is 3. The average molecular weight is 655 g/mol. The molecule has 0 amide bonds. The first kappa shape index (κ1) is 38.4. The highest BCUT2D eigenvalue weighted by atomic mass is 16.5. The molecule has 6 nitrogen and oxygen atoms in total. The molecule has 48 heavy (non-hydrogen) atoms. The zero-order valence-corrected chi connectivity index (χ0v) is 29.1. The number of hydrogen-bond donors (Lipinski definition) is 0. The first-order chi connectivity index (χ1) is 23.4. The summed E-state index contributed by atoms with van der Waals surface area (Å²) in [6.07, 6.45) is 19.6. The molecule has 258 valence electrons. The predicted molar refractivity (Wildman–Crippen MR) is 193 cm³/mol. The summed E-state index contributed by atoms with van der Waals surface area (Å²) >= 11 is 0. The Kier molecular flexibility index (Phi) is 18.0. The molecule has 0 bridgehead atoms. The van der Waals surface area contributed by atoms with Gasteiger partial charge in [0, 0.05) is 22.3 Å². The van der Waals surface area contributed by atoms with E-state index in [-0.39, 0.29) is 22.3 Å². The second kappa shape index (κ2) is 22.5. The first-order valence-corrected chi connectivity index (χ1v) is 18.2. The lowest BCUT2D eigenvalue weighted by Gasteiger charge is -2.08. The van der Waals surface area contributed by atoms with E-state index < -0.39 is 23.1 Å². The molecule has 0 unspecified atom stereocenters. The van der Waals surface area contributed by atoms with Gasteiger partial charge in [0.15, 0.2) is 0 Å². The summed E-state index contributed by atoms with van der Waals surface area (Å²) in [4.78, 5) is 51.5. The zero-order valence-electron chi connectivity index (χ0n) is 29.1. The van der Waals surface area contributed by atoms with Gasteiger partial charge >= 0.3 is 0 Å². The van der Waals surface area contributed by atoms with Crippen LogP contribution in [0.15, 0.2) is 72.8 Å². The fourth-order valence-electron chi connectivity index (χ4n) is 5.55. The Morgan fingerprint density at radius 3 is 0.854 bits per heavy atom. The van der Waals surface area contributed by atoms with Crippen molar-refractivity contribution in [1.82, 2.24) is 0 Å². The van der Waals surface area contributed by atoms with Crippen molar-refractivity contribution in [1.29, 1.82) is 0 Å². The molecular formula is C42H54O6. The van der Waals surface area contributed by atoms with Gasteiger partial charge in [-0.15, -0.1) is 0 Å². The normalized spacial score (nSPS) is 10.9. The van der Waals surface area contributed by atoms with Crippen LogP contribution < -0.4 is 9.47 Å². The van der Waals surface area contributed by atoms with Gasteiger partial charge in [0.1, 0.15) is 11.5 Å².